The molecule has 1 amide bonds. The van der Waals surface area contributed by atoms with Crippen molar-refractivity contribution >= 4 is 11.6 Å². The van der Waals surface area contributed by atoms with Crippen LogP contribution in [0.15, 0.2) is 40.9 Å². The summed E-state index contributed by atoms with van der Waals surface area (Å²) in [7, 11) is 0. The smallest absolute Gasteiger partial charge is 0.232 e. The van der Waals surface area contributed by atoms with Gasteiger partial charge in [0.25, 0.3) is 0 Å². The van der Waals surface area contributed by atoms with Crippen molar-refractivity contribution in [1.29, 1.82) is 0 Å². The first kappa shape index (κ1) is 19.2. The third kappa shape index (κ3) is 3.75. The fraction of sp³-hybridized carbons (Fsp3) is 0.348. The van der Waals surface area contributed by atoms with Crippen molar-refractivity contribution in [3.05, 3.63) is 59.0 Å². The van der Waals surface area contributed by atoms with Gasteiger partial charge in [0.2, 0.25) is 17.6 Å². The Morgan fingerprint density at radius 2 is 1.83 bits per heavy atom. The topological polar surface area (TPSA) is 68.5 Å². The summed E-state index contributed by atoms with van der Waals surface area (Å²) >= 11 is 0. The van der Waals surface area contributed by atoms with Crippen molar-refractivity contribution in [2.45, 2.75) is 40.0 Å². The molecule has 6 heteroatoms. The Hall–Kier alpha value is -3.15. The number of aryl methyl sites for hydroxylation is 3. The summed E-state index contributed by atoms with van der Waals surface area (Å²) in [6, 6.07) is 11.8. The zero-order chi connectivity index (χ0) is 20.5. The summed E-state index contributed by atoms with van der Waals surface area (Å²) in [6.07, 6.45) is 0.373. The van der Waals surface area contributed by atoms with E-state index in [2.05, 4.69) is 29.2 Å². The number of aromatic nitrogens is 2. The van der Waals surface area contributed by atoms with Crippen molar-refractivity contribution in [3.63, 3.8) is 0 Å². The number of rotatable bonds is 5. The van der Waals surface area contributed by atoms with E-state index in [9.17, 15) is 4.79 Å². The van der Waals surface area contributed by atoms with E-state index in [1.165, 1.54) is 5.56 Å². The zero-order valence-corrected chi connectivity index (χ0v) is 17.2. The SMILES string of the molecule is CCOc1ccc(-c2noc(C3CC(=O)N(c4c(C)cc(C)cc4C)C3)n2)cc1. The molecular weight excluding hydrogens is 366 g/mol. The number of amides is 1. The quantitative estimate of drug-likeness (QED) is 0.637. The number of carbonyl (C=O) groups excluding carboxylic acids is 1. The van der Waals surface area contributed by atoms with Crippen LogP contribution in [0.2, 0.25) is 0 Å². The summed E-state index contributed by atoms with van der Waals surface area (Å²) in [5.41, 5.74) is 5.27. The van der Waals surface area contributed by atoms with Gasteiger partial charge in [-0.2, -0.15) is 4.98 Å². The van der Waals surface area contributed by atoms with E-state index in [1.807, 2.05) is 49.9 Å². The minimum Gasteiger partial charge on any atom is -0.494 e. The van der Waals surface area contributed by atoms with Crippen molar-refractivity contribution < 1.29 is 14.1 Å². The van der Waals surface area contributed by atoms with E-state index in [0.717, 1.165) is 28.1 Å². The Labute approximate surface area is 170 Å². The molecule has 0 bridgehead atoms. The van der Waals surface area contributed by atoms with Crippen LogP contribution in [0.1, 0.15) is 41.8 Å². The van der Waals surface area contributed by atoms with E-state index in [-0.39, 0.29) is 11.8 Å². The molecule has 2 heterocycles. The van der Waals surface area contributed by atoms with Crippen molar-refractivity contribution in [2.75, 3.05) is 18.1 Å². The second-order valence-corrected chi connectivity index (χ2v) is 7.57. The van der Waals surface area contributed by atoms with Gasteiger partial charge in [0.15, 0.2) is 0 Å². The molecule has 0 aliphatic carbocycles. The summed E-state index contributed by atoms with van der Waals surface area (Å²) < 4.78 is 11.0. The number of nitrogens with zero attached hydrogens (tertiary/aromatic N) is 3. The predicted octanol–water partition coefficient (Wildman–Crippen LogP) is 4.58. The lowest BCUT2D eigenvalue weighted by atomic mass is 10.0. The average Bonchev–Trinajstić information content (AvgIpc) is 3.29. The first-order valence-electron chi connectivity index (χ1n) is 9.91. The minimum absolute atomic E-state index is 0.0888. The highest BCUT2D eigenvalue weighted by molar-refractivity contribution is 5.97. The molecular formula is C23H25N3O3. The number of hydrogen-bond acceptors (Lipinski definition) is 5. The Morgan fingerprint density at radius 1 is 1.14 bits per heavy atom. The monoisotopic (exact) mass is 391 g/mol. The fourth-order valence-electron chi connectivity index (χ4n) is 4.07. The number of hydrogen-bond donors (Lipinski definition) is 0. The maximum absolute atomic E-state index is 12.7. The van der Waals surface area contributed by atoms with Crippen LogP contribution in [-0.2, 0) is 4.79 Å². The molecule has 29 heavy (non-hydrogen) atoms. The second kappa shape index (κ2) is 7.70. The lowest BCUT2D eigenvalue weighted by Gasteiger charge is -2.21. The van der Waals surface area contributed by atoms with Crippen molar-refractivity contribution in [1.82, 2.24) is 10.1 Å². The molecule has 0 saturated carbocycles. The third-order valence-corrected chi connectivity index (χ3v) is 5.24. The van der Waals surface area contributed by atoms with Gasteiger partial charge in [-0.1, -0.05) is 22.9 Å². The summed E-state index contributed by atoms with van der Waals surface area (Å²) in [5, 5.41) is 4.12. The van der Waals surface area contributed by atoms with Crippen molar-refractivity contribution in [2.24, 2.45) is 0 Å². The molecule has 1 aliphatic rings. The van der Waals surface area contributed by atoms with Crippen LogP contribution in [0, 0.1) is 20.8 Å². The molecule has 4 rings (SSSR count). The molecule has 0 spiro atoms. The highest BCUT2D eigenvalue weighted by Crippen LogP contribution is 2.35. The standard InChI is InChI=1S/C23H25N3O3/c1-5-28-19-8-6-17(7-9-19)22-24-23(29-25-22)18-12-20(27)26(13-18)21-15(3)10-14(2)11-16(21)4/h6-11,18H,5,12-13H2,1-4H3. The summed E-state index contributed by atoms with van der Waals surface area (Å²) in [4.78, 5) is 19.2. The first-order chi connectivity index (χ1) is 14.0. The summed E-state index contributed by atoms with van der Waals surface area (Å²) in [5.74, 6) is 1.82. The molecule has 0 N–H and O–H groups in total. The zero-order valence-electron chi connectivity index (χ0n) is 17.2. The number of benzene rings is 2. The normalized spacial score (nSPS) is 16.5. The van der Waals surface area contributed by atoms with Gasteiger partial charge in [0.05, 0.1) is 12.5 Å². The van der Waals surface area contributed by atoms with Crippen molar-refractivity contribution in [3.8, 4) is 17.1 Å². The van der Waals surface area contributed by atoms with Gasteiger partial charge in [-0.05, 0) is 63.1 Å². The molecule has 1 saturated heterocycles. The maximum atomic E-state index is 12.7. The molecule has 1 aromatic heterocycles. The Morgan fingerprint density at radius 3 is 2.48 bits per heavy atom. The van der Waals surface area contributed by atoms with E-state index in [1.54, 1.807) is 0 Å². The Bertz CT molecular complexity index is 1020. The van der Waals surface area contributed by atoms with E-state index >= 15 is 0 Å². The molecule has 1 aliphatic heterocycles. The molecule has 150 valence electrons. The fourth-order valence-corrected chi connectivity index (χ4v) is 4.07. The largest absolute Gasteiger partial charge is 0.494 e. The van der Waals surface area contributed by atoms with E-state index < -0.39 is 0 Å². The average molecular weight is 391 g/mol. The molecule has 3 aromatic rings. The maximum Gasteiger partial charge on any atom is 0.232 e. The Kier molecular flexibility index (Phi) is 5.09. The van der Waals surface area contributed by atoms with Crippen LogP contribution < -0.4 is 9.64 Å². The van der Waals surface area contributed by atoms with Gasteiger partial charge in [0, 0.05) is 24.2 Å². The van der Waals surface area contributed by atoms with Gasteiger partial charge >= 0.3 is 0 Å². The molecule has 2 aromatic carbocycles. The highest BCUT2D eigenvalue weighted by Gasteiger charge is 2.36. The second-order valence-electron chi connectivity index (χ2n) is 7.57. The van der Waals surface area contributed by atoms with Crippen LogP contribution in [-0.4, -0.2) is 29.2 Å². The van der Waals surface area contributed by atoms with Crippen LogP contribution in [0.4, 0.5) is 5.69 Å². The van der Waals surface area contributed by atoms with Gasteiger partial charge in [-0.25, -0.2) is 0 Å². The van der Waals surface area contributed by atoms with Crippen LogP contribution >= 0.6 is 0 Å². The van der Waals surface area contributed by atoms with Crippen LogP contribution in [0.25, 0.3) is 11.4 Å². The molecule has 1 unspecified atom stereocenters. The van der Waals surface area contributed by atoms with Crippen LogP contribution in [0.3, 0.4) is 0 Å². The highest BCUT2D eigenvalue weighted by atomic mass is 16.5. The van der Waals surface area contributed by atoms with Gasteiger partial charge < -0.3 is 14.2 Å². The predicted molar refractivity (Wildman–Crippen MR) is 111 cm³/mol. The van der Waals surface area contributed by atoms with Gasteiger partial charge in [-0.3, -0.25) is 4.79 Å². The van der Waals surface area contributed by atoms with Gasteiger partial charge in [0.1, 0.15) is 5.75 Å². The lowest BCUT2D eigenvalue weighted by molar-refractivity contribution is -0.117. The van der Waals surface area contributed by atoms with E-state index in [0.29, 0.717) is 31.3 Å². The molecule has 0 radical (unpaired) electrons. The number of carbonyl (C=O) groups is 1. The lowest BCUT2D eigenvalue weighted by Crippen LogP contribution is -2.26. The van der Waals surface area contributed by atoms with Crippen LogP contribution in [0.5, 0.6) is 5.75 Å². The molecule has 1 fully saturated rings. The van der Waals surface area contributed by atoms with Gasteiger partial charge in [-0.15, -0.1) is 0 Å². The Balaban J connectivity index is 1.54. The third-order valence-electron chi connectivity index (χ3n) is 5.24. The number of ether oxygens (including phenoxy) is 1. The number of anilines is 1. The minimum atomic E-state index is -0.105. The molecule has 1 atom stereocenters. The molecule has 6 nitrogen and oxygen atoms in total. The summed E-state index contributed by atoms with van der Waals surface area (Å²) in [6.45, 7) is 9.29. The van der Waals surface area contributed by atoms with E-state index in [4.69, 9.17) is 9.26 Å². The first-order valence-corrected chi connectivity index (χ1v) is 9.91.